The van der Waals surface area contributed by atoms with Gasteiger partial charge in [-0.2, -0.15) is 0 Å². The molecule has 1 aromatic heterocycles. The number of carbonyl (C=O) groups excluding carboxylic acids is 6. The first-order valence-corrected chi connectivity index (χ1v) is 18.8. The van der Waals surface area contributed by atoms with Crippen molar-refractivity contribution >= 4 is 52.9 Å². The summed E-state index contributed by atoms with van der Waals surface area (Å²) in [5.74, 6) is -2.31. The molecule has 2 aliphatic heterocycles. The fourth-order valence-electron chi connectivity index (χ4n) is 6.38. The number of anilines is 1. The van der Waals surface area contributed by atoms with E-state index in [1.165, 1.54) is 11.8 Å². The van der Waals surface area contributed by atoms with Crippen molar-refractivity contribution in [3.63, 3.8) is 0 Å². The average molecular weight is 753 g/mol. The maximum atomic E-state index is 13.2. The lowest BCUT2D eigenvalue weighted by Crippen LogP contribution is -2.54. The molecule has 1 saturated heterocycles. The summed E-state index contributed by atoms with van der Waals surface area (Å²) in [7, 11) is 0. The second kappa shape index (κ2) is 17.8. The van der Waals surface area contributed by atoms with Crippen LogP contribution in [0.2, 0.25) is 0 Å². The van der Waals surface area contributed by atoms with E-state index in [1.54, 1.807) is 64.9 Å². The van der Waals surface area contributed by atoms with Crippen LogP contribution in [-0.2, 0) is 15.3 Å². The van der Waals surface area contributed by atoms with Crippen LogP contribution in [0.15, 0.2) is 77.8 Å². The van der Waals surface area contributed by atoms with Crippen LogP contribution in [0, 0.1) is 0 Å². The lowest BCUT2D eigenvalue weighted by molar-refractivity contribution is -0.136. The zero-order valence-electron chi connectivity index (χ0n) is 29.4. The summed E-state index contributed by atoms with van der Waals surface area (Å²) in [5.41, 5.74) is 4.90. The van der Waals surface area contributed by atoms with Crippen molar-refractivity contribution in [1.82, 2.24) is 36.0 Å². The molecule has 54 heavy (non-hydrogen) atoms. The molecule has 2 aliphatic rings. The number of hydroxylamine groups is 1. The molecule has 0 spiro atoms. The van der Waals surface area contributed by atoms with Gasteiger partial charge in [0.2, 0.25) is 11.8 Å². The monoisotopic (exact) mass is 752 g/mol. The Morgan fingerprint density at radius 3 is 2.35 bits per heavy atom. The normalized spacial score (nSPS) is 15.2. The van der Waals surface area contributed by atoms with Crippen molar-refractivity contribution in [2.24, 2.45) is 0 Å². The Balaban J connectivity index is 0.859. The molecule has 1 fully saturated rings. The number of benzene rings is 3. The van der Waals surface area contributed by atoms with Crippen LogP contribution in [-0.4, -0.2) is 79.7 Å². The van der Waals surface area contributed by atoms with E-state index in [0.29, 0.717) is 35.8 Å². The second-order valence-corrected chi connectivity index (χ2v) is 14.0. The van der Waals surface area contributed by atoms with Gasteiger partial charge >= 0.3 is 0 Å². The molecule has 6 amide bonds. The number of aromatic nitrogens is 3. The standard InChI is InChI=1S/C38H40N8O7S/c47-32-17-16-31(36(50)41-32)46-37(51)29-14-9-15-30(33(29)38(46)52)39-18-5-3-1-2-4-6-19-40-34(48)25-11-8-13-28(21-25)54-23-26-22-45(44-42-26)27-12-7-10-24(20-27)35(49)43-53/h7-15,20-22,31,39,53H,1-6,16-19,23H2,(H,40,48)(H,43,49)(H,41,47,50). The lowest BCUT2D eigenvalue weighted by Gasteiger charge is -2.27. The Bertz CT molecular complexity index is 2070. The predicted molar refractivity (Wildman–Crippen MR) is 198 cm³/mol. The number of nitrogens with one attached hydrogen (secondary N) is 4. The van der Waals surface area contributed by atoms with Crippen molar-refractivity contribution in [2.45, 2.75) is 68.1 Å². The number of rotatable bonds is 17. The summed E-state index contributed by atoms with van der Waals surface area (Å²) in [6.07, 6.45) is 7.66. The van der Waals surface area contributed by atoms with Crippen molar-refractivity contribution in [3.8, 4) is 5.69 Å². The zero-order valence-corrected chi connectivity index (χ0v) is 30.2. The lowest BCUT2D eigenvalue weighted by atomic mass is 10.0. The number of piperidine rings is 1. The van der Waals surface area contributed by atoms with Gasteiger partial charge in [-0.15, -0.1) is 16.9 Å². The van der Waals surface area contributed by atoms with Crippen LogP contribution in [0.1, 0.15) is 98.5 Å². The first-order chi connectivity index (χ1) is 26.2. The summed E-state index contributed by atoms with van der Waals surface area (Å²) >= 11 is 1.53. The van der Waals surface area contributed by atoms with E-state index in [-0.39, 0.29) is 35.4 Å². The molecule has 0 aliphatic carbocycles. The first kappa shape index (κ1) is 37.9. The number of imide groups is 2. The van der Waals surface area contributed by atoms with Crippen molar-refractivity contribution in [3.05, 3.63) is 101 Å². The number of hydrogen-bond donors (Lipinski definition) is 5. The molecule has 3 heterocycles. The molecular weight excluding hydrogens is 713 g/mol. The highest BCUT2D eigenvalue weighted by Crippen LogP contribution is 2.32. The maximum Gasteiger partial charge on any atom is 0.274 e. The Kier molecular flexibility index (Phi) is 12.5. The van der Waals surface area contributed by atoms with Crippen LogP contribution < -0.4 is 21.4 Å². The topological polar surface area (TPSA) is 205 Å². The minimum absolute atomic E-state index is 0.0739. The van der Waals surface area contributed by atoms with Gasteiger partial charge in [0.15, 0.2) is 0 Å². The van der Waals surface area contributed by atoms with Crippen LogP contribution in [0.5, 0.6) is 0 Å². The maximum absolute atomic E-state index is 13.2. The van der Waals surface area contributed by atoms with Gasteiger partial charge in [-0.3, -0.25) is 44.2 Å². The quantitative estimate of drug-likeness (QED) is 0.0339. The van der Waals surface area contributed by atoms with Gasteiger partial charge < -0.3 is 10.6 Å². The van der Waals surface area contributed by atoms with Crippen LogP contribution >= 0.6 is 11.8 Å². The zero-order chi connectivity index (χ0) is 38.0. The number of fused-ring (bicyclic) bond motifs is 1. The molecule has 16 heteroatoms. The first-order valence-electron chi connectivity index (χ1n) is 17.8. The number of hydrogen-bond acceptors (Lipinski definition) is 11. The summed E-state index contributed by atoms with van der Waals surface area (Å²) in [6.45, 7) is 1.19. The number of unbranched alkanes of at least 4 members (excludes halogenated alkanes) is 5. The molecule has 0 saturated carbocycles. The van der Waals surface area contributed by atoms with Crippen molar-refractivity contribution < 1.29 is 34.0 Å². The number of carbonyl (C=O) groups is 6. The molecule has 15 nitrogen and oxygen atoms in total. The Morgan fingerprint density at radius 2 is 1.57 bits per heavy atom. The molecule has 3 aromatic carbocycles. The van der Waals surface area contributed by atoms with E-state index in [1.807, 2.05) is 18.2 Å². The molecule has 4 aromatic rings. The molecule has 0 bridgehead atoms. The average Bonchev–Trinajstić information content (AvgIpc) is 3.77. The smallest absolute Gasteiger partial charge is 0.274 e. The van der Waals surface area contributed by atoms with Gasteiger partial charge in [0.05, 0.1) is 28.7 Å². The Hall–Kier alpha value is -5.87. The third-order valence-corrected chi connectivity index (χ3v) is 10.2. The van der Waals surface area contributed by atoms with E-state index < -0.39 is 35.6 Å². The van der Waals surface area contributed by atoms with Gasteiger partial charge in [0, 0.05) is 47.0 Å². The number of nitrogens with zero attached hydrogens (tertiary/aromatic N) is 4. The Labute approximate surface area is 315 Å². The van der Waals surface area contributed by atoms with Gasteiger partial charge in [-0.05, 0) is 67.8 Å². The molecule has 6 rings (SSSR count). The highest BCUT2D eigenvalue weighted by molar-refractivity contribution is 7.98. The molecule has 1 unspecified atom stereocenters. The number of thioether (sulfide) groups is 1. The number of amides is 6. The van der Waals surface area contributed by atoms with E-state index in [2.05, 4.69) is 26.3 Å². The molecular formula is C38H40N8O7S. The third kappa shape index (κ3) is 9.01. The molecule has 0 radical (unpaired) electrons. The predicted octanol–water partition coefficient (Wildman–Crippen LogP) is 4.26. The van der Waals surface area contributed by atoms with Gasteiger partial charge in [0.25, 0.3) is 23.6 Å². The van der Waals surface area contributed by atoms with E-state index in [4.69, 9.17) is 5.21 Å². The Morgan fingerprint density at radius 1 is 0.852 bits per heavy atom. The summed E-state index contributed by atoms with van der Waals surface area (Å²) in [4.78, 5) is 76.6. The van der Waals surface area contributed by atoms with Crippen molar-refractivity contribution in [2.75, 3.05) is 18.4 Å². The van der Waals surface area contributed by atoms with Gasteiger partial charge in [0.1, 0.15) is 6.04 Å². The minimum Gasteiger partial charge on any atom is -0.384 e. The fraction of sp³-hybridized carbons (Fsp3) is 0.316. The molecule has 1 atom stereocenters. The van der Waals surface area contributed by atoms with Gasteiger partial charge in [-0.25, -0.2) is 10.2 Å². The SMILES string of the molecule is O=C1CCC(N2C(=O)c3cccc(NCCCCCCCCNC(=O)c4cccc(SCc5cn(-c6cccc(C(=O)NO)c6)nn5)c4)c3C2=O)C(=O)N1. The summed E-state index contributed by atoms with van der Waals surface area (Å²) in [6, 6.07) is 18.1. The van der Waals surface area contributed by atoms with Crippen LogP contribution in [0.25, 0.3) is 5.69 Å². The van der Waals surface area contributed by atoms with Gasteiger partial charge in [-0.1, -0.05) is 49.1 Å². The summed E-state index contributed by atoms with van der Waals surface area (Å²) < 4.78 is 1.55. The van der Waals surface area contributed by atoms with E-state index in [9.17, 15) is 28.8 Å². The van der Waals surface area contributed by atoms with Crippen LogP contribution in [0.3, 0.4) is 0 Å². The minimum atomic E-state index is -0.996. The van der Waals surface area contributed by atoms with Crippen LogP contribution in [0.4, 0.5) is 5.69 Å². The second-order valence-electron chi connectivity index (χ2n) is 12.9. The highest BCUT2D eigenvalue weighted by atomic mass is 32.2. The fourth-order valence-corrected chi connectivity index (χ4v) is 7.21. The largest absolute Gasteiger partial charge is 0.384 e. The van der Waals surface area contributed by atoms with Crippen molar-refractivity contribution in [1.29, 1.82) is 0 Å². The third-order valence-electron chi connectivity index (χ3n) is 9.17. The van der Waals surface area contributed by atoms with E-state index >= 15 is 0 Å². The summed E-state index contributed by atoms with van der Waals surface area (Å²) in [5, 5.41) is 25.7. The molecule has 5 N–H and O–H groups in total. The highest BCUT2D eigenvalue weighted by Gasteiger charge is 2.45. The molecule has 280 valence electrons. The van der Waals surface area contributed by atoms with E-state index in [0.717, 1.165) is 54.0 Å².